The number of aliphatic carboxylic acids is 1. The molecule has 0 unspecified atom stereocenters. The zero-order chi connectivity index (χ0) is 16.0. The summed E-state index contributed by atoms with van der Waals surface area (Å²) >= 11 is 1.66. The van der Waals surface area contributed by atoms with E-state index in [4.69, 9.17) is 0 Å². The monoisotopic (exact) mass is 329 g/mol. The summed E-state index contributed by atoms with van der Waals surface area (Å²) in [4.78, 5) is 33.5. The lowest BCUT2D eigenvalue weighted by atomic mass is 9.97. The molecule has 118 valence electrons. The molecule has 0 radical (unpaired) electrons. The number of carboxylic acids is 1. The van der Waals surface area contributed by atoms with Crippen LogP contribution in [-0.2, 0) is 24.1 Å². The van der Waals surface area contributed by atoms with E-state index in [1.54, 1.807) is 11.3 Å². The van der Waals surface area contributed by atoms with Gasteiger partial charge in [0.2, 0.25) is 0 Å². The molecule has 0 saturated carbocycles. The molecule has 7 nitrogen and oxygen atoms in total. The molecule has 0 aromatic carbocycles. The van der Waals surface area contributed by atoms with E-state index in [0.717, 1.165) is 29.5 Å². The largest absolute Gasteiger partial charge is 0.550 e. The van der Waals surface area contributed by atoms with Crippen molar-refractivity contribution in [2.24, 2.45) is 0 Å². The van der Waals surface area contributed by atoms with Gasteiger partial charge in [-0.1, -0.05) is 0 Å². The second kappa shape index (κ2) is 5.38. The molecule has 0 atom stereocenters. The molecular formula is C15H13N4O3S-. The van der Waals surface area contributed by atoms with Gasteiger partial charge >= 0.3 is 0 Å². The number of hydrogen-bond donors (Lipinski definition) is 0. The second-order valence-electron chi connectivity index (χ2n) is 5.64. The maximum absolute atomic E-state index is 12.2. The van der Waals surface area contributed by atoms with Gasteiger partial charge in [0.05, 0.1) is 5.39 Å². The van der Waals surface area contributed by atoms with E-state index in [-0.39, 0.29) is 18.5 Å². The maximum atomic E-state index is 12.2. The summed E-state index contributed by atoms with van der Waals surface area (Å²) in [7, 11) is 0. The van der Waals surface area contributed by atoms with Gasteiger partial charge in [0.25, 0.3) is 5.56 Å². The molecule has 1 aliphatic carbocycles. The van der Waals surface area contributed by atoms with Gasteiger partial charge < -0.3 is 9.90 Å². The van der Waals surface area contributed by atoms with Gasteiger partial charge in [-0.2, -0.15) is 10.1 Å². The van der Waals surface area contributed by atoms with Crippen LogP contribution in [0.15, 0.2) is 11.1 Å². The average molecular weight is 329 g/mol. The lowest BCUT2D eigenvalue weighted by Gasteiger charge is -2.11. The van der Waals surface area contributed by atoms with E-state index < -0.39 is 11.5 Å². The Morgan fingerprint density at radius 1 is 1.35 bits per heavy atom. The van der Waals surface area contributed by atoms with Crippen LogP contribution < -0.4 is 10.7 Å². The summed E-state index contributed by atoms with van der Waals surface area (Å²) in [5.41, 5.74) is 1.39. The minimum atomic E-state index is -1.21. The molecule has 0 spiro atoms. The third-order valence-electron chi connectivity index (χ3n) is 4.13. The number of aromatic nitrogens is 4. The van der Waals surface area contributed by atoms with E-state index in [1.165, 1.54) is 27.7 Å². The molecule has 23 heavy (non-hydrogen) atoms. The summed E-state index contributed by atoms with van der Waals surface area (Å²) in [5, 5.41) is 15.7. The molecular weight excluding hydrogens is 316 g/mol. The highest BCUT2D eigenvalue weighted by atomic mass is 32.1. The molecule has 3 aromatic rings. The number of rotatable bonds is 3. The third kappa shape index (κ3) is 2.39. The molecule has 4 rings (SSSR count). The summed E-state index contributed by atoms with van der Waals surface area (Å²) in [6.07, 6.45) is 5.62. The van der Waals surface area contributed by atoms with Crippen molar-refractivity contribution in [1.82, 2.24) is 19.6 Å². The zero-order valence-electron chi connectivity index (χ0n) is 12.2. The Hall–Kier alpha value is -2.35. The Bertz CT molecular complexity index is 992. The van der Waals surface area contributed by atoms with Crippen LogP contribution in [0.1, 0.15) is 35.4 Å². The maximum Gasteiger partial charge on any atom is 0.295 e. The fourth-order valence-electron chi connectivity index (χ4n) is 3.04. The number of hydrogen-bond acceptors (Lipinski definition) is 7. The van der Waals surface area contributed by atoms with E-state index in [9.17, 15) is 14.7 Å². The molecule has 3 heterocycles. The molecule has 0 bridgehead atoms. The Balaban J connectivity index is 1.92. The summed E-state index contributed by atoms with van der Waals surface area (Å²) in [6.45, 7) is 0. The van der Waals surface area contributed by atoms with E-state index >= 15 is 0 Å². The summed E-state index contributed by atoms with van der Waals surface area (Å²) in [6, 6.07) is 0. The van der Waals surface area contributed by atoms with Crippen LogP contribution in [0.25, 0.3) is 15.9 Å². The number of aryl methyl sites for hydroxylation is 3. The van der Waals surface area contributed by atoms with Crippen molar-refractivity contribution in [3.05, 3.63) is 32.8 Å². The highest BCUT2D eigenvalue weighted by Gasteiger charge is 2.20. The highest BCUT2D eigenvalue weighted by molar-refractivity contribution is 7.19. The Morgan fingerprint density at radius 2 is 2.17 bits per heavy atom. The van der Waals surface area contributed by atoms with Crippen molar-refractivity contribution in [3.8, 4) is 0 Å². The van der Waals surface area contributed by atoms with Crippen LogP contribution in [-0.4, -0.2) is 25.6 Å². The number of thiophene rings is 1. The molecule has 0 fully saturated rings. The smallest absolute Gasteiger partial charge is 0.295 e. The van der Waals surface area contributed by atoms with Gasteiger partial charge in [-0.3, -0.25) is 4.79 Å². The fraction of sp³-hybridized carbons (Fsp3) is 0.400. The molecule has 0 aliphatic heterocycles. The van der Waals surface area contributed by atoms with Crippen molar-refractivity contribution in [2.45, 2.75) is 38.5 Å². The highest BCUT2D eigenvalue weighted by Crippen LogP contribution is 2.36. The molecule has 0 saturated heterocycles. The van der Waals surface area contributed by atoms with Crippen LogP contribution >= 0.6 is 11.3 Å². The van der Waals surface area contributed by atoms with Crippen LogP contribution in [0.2, 0.25) is 0 Å². The van der Waals surface area contributed by atoms with E-state index in [2.05, 4.69) is 15.1 Å². The number of carbonyl (C=O) groups excluding carboxylic acids is 1. The number of nitrogens with zero attached hydrogens (tertiary/aromatic N) is 4. The summed E-state index contributed by atoms with van der Waals surface area (Å²) in [5.74, 6) is -1.21. The minimum absolute atomic E-state index is 0.0108. The van der Waals surface area contributed by atoms with Crippen molar-refractivity contribution < 1.29 is 9.90 Å². The van der Waals surface area contributed by atoms with E-state index in [1.807, 2.05) is 0 Å². The van der Waals surface area contributed by atoms with E-state index in [0.29, 0.717) is 5.65 Å². The standard InChI is InChI=1S/C15H14N4O3S/c20-11(21)6-5-9-14(22)17-13-12-8-3-1-2-4-10(8)23-15(12)16-7-19(13)18-9/h7H,1-6H2,(H,20,21)/p-1. The van der Waals surface area contributed by atoms with Crippen LogP contribution in [0.3, 0.4) is 0 Å². The van der Waals surface area contributed by atoms with Crippen molar-refractivity contribution in [2.75, 3.05) is 0 Å². The number of carboxylic acid groups (broad SMARTS) is 1. The van der Waals surface area contributed by atoms with Crippen molar-refractivity contribution in [3.63, 3.8) is 0 Å². The second-order valence-corrected chi connectivity index (χ2v) is 6.72. The average Bonchev–Trinajstić information content (AvgIpc) is 2.91. The first-order valence-electron chi connectivity index (χ1n) is 7.52. The molecule has 3 aromatic heterocycles. The lowest BCUT2D eigenvalue weighted by molar-refractivity contribution is -0.305. The molecule has 0 amide bonds. The predicted molar refractivity (Wildman–Crippen MR) is 82.4 cm³/mol. The minimum Gasteiger partial charge on any atom is -0.550 e. The first-order chi connectivity index (χ1) is 11.1. The van der Waals surface area contributed by atoms with Crippen molar-refractivity contribution >= 4 is 33.2 Å². The predicted octanol–water partition coefficient (Wildman–Crippen LogP) is 0.260. The molecule has 0 N–H and O–H groups in total. The van der Waals surface area contributed by atoms with Gasteiger partial charge in [0.15, 0.2) is 5.65 Å². The third-order valence-corrected chi connectivity index (χ3v) is 5.33. The van der Waals surface area contributed by atoms with Gasteiger partial charge in [0.1, 0.15) is 16.9 Å². The number of fused-ring (bicyclic) bond motifs is 5. The van der Waals surface area contributed by atoms with Crippen LogP contribution in [0.4, 0.5) is 0 Å². The Labute approximate surface area is 134 Å². The topological polar surface area (TPSA) is 100 Å². The summed E-state index contributed by atoms with van der Waals surface area (Å²) < 4.78 is 1.48. The first-order valence-corrected chi connectivity index (χ1v) is 8.34. The quantitative estimate of drug-likeness (QED) is 0.683. The van der Waals surface area contributed by atoms with Gasteiger partial charge in [-0.25, -0.2) is 9.50 Å². The van der Waals surface area contributed by atoms with Gasteiger partial charge in [0, 0.05) is 17.3 Å². The normalized spacial score (nSPS) is 14.3. The fourth-order valence-corrected chi connectivity index (χ4v) is 4.26. The lowest BCUT2D eigenvalue weighted by Crippen LogP contribution is -2.25. The Morgan fingerprint density at radius 3 is 3.00 bits per heavy atom. The first kappa shape index (κ1) is 14.3. The Kier molecular flexibility index (Phi) is 3.33. The zero-order valence-corrected chi connectivity index (χ0v) is 13.1. The van der Waals surface area contributed by atoms with Crippen LogP contribution in [0, 0.1) is 0 Å². The van der Waals surface area contributed by atoms with Gasteiger partial charge in [-0.15, -0.1) is 11.3 Å². The van der Waals surface area contributed by atoms with Crippen LogP contribution in [0.5, 0.6) is 0 Å². The molecule has 1 aliphatic rings. The van der Waals surface area contributed by atoms with Gasteiger partial charge in [-0.05, 0) is 37.7 Å². The number of carbonyl (C=O) groups is 1. The van der Waals surface area contributed by atoms with Crippen molar-refractivity contribution in [1.29, 1.82) is 0 Å². The SMILES string of the molecule is O=C([O-])CCc1nn2cnc3sc4c(c3c2nc1=O)CCCC4. The molecule has 8 heteroatoms.